The zero-order valence-corrected chi connectivity index (χ0v) is 26.3. The lowest BCUT2D eigenvalue weighted by Gasteiger charge is -2.32. The SMILES string of the molecule is C#C.CN1CCN(C(=O)OCC(C)(C)C)CC1.C[C@H](C1=Cc2cccnc2[C@H](N)c2ccc(Cl)cc21)c1cncn1C. The second kappa shape index (κ2) is 14.5. The highest BCUT2D eigenvalue weighted by molar-refractivity contribution is 6.30. The van der Waals surface area contributed by atoms with E-state index in [2.05, 4.69) is 74.6 Å². The van der Waals surface area contributed by atoms with Gasteiger partial charge in [0.05, 0.1) is 24.7 Å². The summed E-state index contributed by atoms with van der Waals surface area (Å²) in [6, 6.07) is 9.62. The van der Waals surface area contributed by atoms with E-state index in [4.69, 9.17) is 22.1 Å². The first-order valence-corrected chi connectivity index (χ1v) is 14.4. The molecule has 0 unspecified atom stereocenters. The van der Waals surface area contributed by atoms with E-state index in [0.717, 1.165) is 54.3 Å². The molecular formula is C33H43ClN6O2. The third-order valence-electron chi connectivity index (χ3n) is 7.29. The number of imidazole rings is 1. The maximum Gasteiger partial charge on any atom is 0.409 e. The average molecular weight is 591 g/mol. The molecular weight excluding hydrogens is 548 g/mol. The molecule has 0 spiro atoms. The summed E-state index contributed by atoms with van der Waals surface area (Å²) in [5.74, 6) is 0.142. The molecule has 1 aliphatic carbocycles. The number of hydrogen-bond acceptors (Lipinski definition) is 6. The number of rotatable bonds is 3. The van der Waals surface area contributed by atoms with E-state index < -0.39 is 0 Å². The topological polar surface area (TPSA) is 89.5 Å². The van der Waals surface area contributed by atoms with Crippen molar-refractivity contribution in [3.63, 3.8) is 0 Å². The molecule has 42 heavy (non-hydrogen) atoms. The van der Waals surface area contributed by atoms with Crippen molar-refractivity contribution in [2.75, 3.05) is 39.8 Å². The van der Waals surface area contributed by atoms with Gasteiger partial charge in [0.1, 0.15) is 0 Å². The highest BCUT2D eigenvalue weighted by atomic mass is 35.5. The summed E-state index contributed by atoms with van der Waals surface area (Å²) in [5, 5.41) is 0.702. The number of allylic oxidation sites excluding steroid dienone is 1. The van der Waals surface area contributed by atoms with Gasteiger partial charge >= 0.3 is 6.09 Å². The van der Waals surface area contributed by atoms with E-state index in [1.54, 1.807) is 11.1 Å². The molecule has 2 atom stereocenters. The number of halogens is 1. The molecule has 1 amide bonds. The fourth-order valence-electron chi connectivity index (χ4n) is 4.91. The van der Waals surface area contributed by atoms with Crippen LogP contribution in [0.1, 0.15) is 67.7 Å². The average Bonchev–Trinajstić information content (AvgIpc) is 3.36. The van der Waals surface area contributed by atoms with Gasteiger partial charge in [-0.15, -0.1) is 12.8 Å². The van der Waals surface area contributed by atoms with Crippen LogP contribution in [0.5, 0.6) is 0 Å². The number of aromatic nitrogens is 3. The summed E-state index contributed by atoms with van der Waals surface area (Å²) in [5.41, 5.74) is 13.0. The second-order valence-corrected chi connectivity index (χ2v) is 12.3. The minimum Gasteiger partial charge on any atom is -0.449 e. The Morgan fingerprint density at radius 2 is 1.86 bits per heavy atom. The van der Waals surface area contributed by atoms with Gasteiger partial charge in [-0.3, -0.25) is 4.98 Å². The maximum absolute atomic E-state index is 11.6. The van der Waals surface area contributed by atoms with Crippen LogP contribution < -0.4 is 5.73 Å². The van der Waals surface area contributed by atoms with Crippen LogP contribution >= 0.6 is 11.6 Å². The van der Waals surface area contributed by atoms with E-state index in [1.807, 2.05) is 48.4 Å². The van der Waals surface area contributed by atoms with Crippen molar-refractivity contribution in [2.45, 2.75) is 39.7 Å². The van der Waals surface area contributed by atoms with Crippen LogP contribution in [-0.2, 0) is 11.8 Å². The molecule has 1 saturated heterocycles. The van der Waals surface area contributed by atoms with E-state index in [9.17, 15) is 4.79 Å². The first-order chi connectivity index (χ1) is 19.9. The van der Waals surface area contributed by atoms with Gasteiger partial charge in [-0.25, -0.2) is 9.78 Å². The van der Waals surface area contributed by atoms with Crippen molar-refractivity contribution in [1.82, 2.24) is 24.3 Å². The molecule has 224 valence electrons. The van der Waals surface area contributed by atoms with Crippen molar-refractivity contribution in [3.8, 4) is 12.8 Å². The maximum atomic E-state index is 11.6. The van der Waals surface area contributed by atoms with Crippen LogP contribution in [0.4, 0.5) is 4.79 Å². The zero-order chi connectivity index (χ0) is 31.0. The Morgan fingerprint density at radius 1 is 1.17 bits per heavy atom. The zero-order valence-electron chi connectivity index (χ0n) is 25.5. The number of carbonyl (C=O) groups is 1. The number of piperazine rings is 1. The lowest BCUT2D eigenvalue weighted by atomic mass is 9.87. The van der Waals surface area contributed by atoms with Crippen LogP contribution in [0.15, 0.2) is 49.1 Å². The minimum absolute atomic E-state index is 0.0439. The highest BCUT2D eigenvalue weighted by Crippen LogP contribution is 2.41. The molecule has 3 aromatic rings. The number of fused-ring (bicyclic) bond motifs is 2. The number of aryl methyl sites for hydroxylation is 1. The van der Waals surface area contributed by atoms with Gasteiger partial charge in [0.15, 0.2) is 0 Å². The van der Waals surface area contributed by atoms with Crippen molar-refractivity contribution in [1.29, 1.82) is 0 Å². The number of terminal acetylenes is 1. The predicted molar refractivity (Wildman–Crippen MR) is 171 cm³/mol. The summed E-state index contributed by atoms with van der Waals surface area (Å²) < 4.78 is 7.30. The largest absolute Gasteiger partial charge is 0.449 e. The Balaban J connectivity index is 0.000000245. The number of benzene rings is 1. The van der Waals surface area contributed by atoms with Gasteiger partial charge in [-0.2, -0.15) is 0 Å². The van der Waals surface area contributed by atoms with Crippen molar-refractivity contribution < 1.29 is 9.53 Å². The monoisotopic (exact) mass is 590 g/mol. The molecule has 0 radical (unpaired) electrons. The fraction of sp³-hybridized carbons (Fsp3) is 0.424. The van der Waals surface area contributed by atoms with Gasteiger partial charge in [-0.1, -0.05) is 51.4 Å². The van der Waals surface area contributed by atoms with Crippen molar-refractivity contribution in [2.24, 2.45) is 18.2 Å². The van der Waals surface area contributed by atoms with Gasteiger partial charge in [0.2, 0.25) is 0 Å². The quantitative estimate of drug-likeness (QED) is 0.386. The molecule has 1 aliphatic heterocycles. The summed E-state index contributed by atoms with van der Waals surface area (Å²) in [6.45, 7) is 12.3. The van der Waals surface area contributed by atoms with Crippen LogP contribution in [0.2, 0.25) is 5.02 Å². The minimum atomic E-state index is -0.282. The highest BCUT2D eigenvalue weighted by Gasteiger charge is 2.27. The number of nitrogens with two attached hydrogens (primary N) is 1. The van der Waals surface area contributed by atoms with Gasteiger partial charge in [0, 0.05) is 62.3 Å². The molecule has 2 aromatic heterocycles. The Bertz CT molecular complexity index is 1400. The molecule has 1 aromatic carbocycles. The molecule has 2 N–H and O–H groups in total. The number of pyridine rings is 1. The van der Waals surface area contributed by atoms with Crippen LogP contribution in [0.3, 0.4) is 0 Å². The number of carbonyl (C=O) groups excluding carboxylic acids is 1. The standard InChI is InChI=1S/C20H19ClN4.C11H22N2O2.C2H2/c1-12(18-10-23-11-25(18)2)16-8-13-4-3-7-24-20(13)19(22)15-6-5-14(21)9-17(15)16;1-11(2,3)9-15-10(14)13-7-5-12(4)6-8-13;1-2/h3-12,19H,22H2,1-2H3;5-9H2,1-4H3;1-2H/t12-,19-;;/m1../s1. The summed E-state index contributed by atoms with van der Waals surface area (Å²) in [7, 11) is 4.08. The Morgan fingerprint density at radius 3 is 2.48 bits per heavy atom. The third-order valence-corrected chi connectivity index (χ3v) is 7.53. The number of ether oxygens (including phenoxy) is 1. The smallest absolute Gasteiger partial charge is 0.409 e. The van der Waals surface area contributed by atoms with Gasteiger partial charge < -0.3 is 24.8 Å². The fourth-order valence-corrected chi connectivity index (χ4v) is 5.09. The molecule has 2 aliphatic rings. The number of amides is 1. The molecule has 5 rings (SSSR count). The number of hydrogen-bond donors (Lipinski definition) is 1. The normalized spacial score (nSPS) is 17.1. The second-order valence-electron chi connectivity index (χ2n) is 11.8. The van der Waals surface area contributed by atoms with Crippen LogP contribution in [0, 0.1) is 18.3 Å². The molecule has 0 bridgehead atoms. The lowest BCUT2D eigenvalue weighted by molar-refractivity contribution is 0.0583. The third kappa shape index (κ3) is 8.22. The van der Waals surface area contributed by atoms with E-state index >= 15 is 0 Å². The summed E-state index contributed by atoms with van der Waals surface area (Å²) >= 11 is 6.31. The Kier molecular flexibility index (Phi) is 11.3. The molecule has 9 heteroatoms. The predicted octanol–water partition coefficient (Wildman–Crippen LogP) is 5.84. The van der Waals surface area contributed by atoms with E-state index in [-0.39, 0.29) is 23.5 Å². The lowest BCUT2D eigenvalue weighted by Crippen LogP contribution is -2.47. The molecule has 0 saturated carbocycles. The van der Waals surface area contributed by atoms with E-state index in [0.29, 0.717) is 11.6 Å². The number of nitrogens with zero attached hydrogens (tertiary/aromatic N) is 5. The first kappa shape index (κ1) is 32.9. The number of likely N-dealkylation sites (N-methyl/N-ethyl adjacent to an activating group) is 1. The van der Waals surface area contributed by atoms with Crippen LogP contribution in [0.25, 0.3) is 11.6 Å². The molecule has 1 fully saturated rings. The Hall–Kier alpha value is -3.64. The van der Waals surface area contributed by atoms with Crippen molar-refractivity contribution in [3.05, 3.63) is 82.2 Å². The Labute approximate surface area is 255 Å². The van der Waals surface area contributed by atoms with Crippen LogP contribution in [-0.4, -0.2) is 70.3 Å². The summed E-state index contributed by atoms with van der Waals surface area (Å²) in [4.78, 5) is 24.4. The van der Waals surface area contributed by atoms with Gasteiger partial charge in [0.25, 0.3) is 0 Å². The molecule has 8 nitrogen and oxygen atoms in total. The molecule has 3 heterocycles. The first-order valence-electron chi connectivity index (χ1n) is 14.1. The van der Waals surface area contributed by atoms with Gasteiger partial charge in [-0.05, 0) is 59.0 Å². The summed E-state index contributed by atoms with van der Waals surface area (Å²) in [6.07, 6.45) is 15.5. The van der Waals surface area contributed by atoms with Crippen molar-refractivity contribution >= 4 is 29.3 Å². The van der Waals surface area contributed by atoms with E-state index in [1.165, 1.54) is 5.57 Å².